The maximum absolute atomic E-state index is 15.6. The van der Waals surface area contributed by atoms with Crippen molar-refractivity contribution in [3.63, 3.8) is 0 Å². The largest absolute Gasteiger partial charge is 0.495 e. The molecule has 1 fully saturated rings. The van der Waals surface area contributed by atoms with E-state index in [0.29, 0.717) is 72.0 Å². The number of methoxy groups -OCH3 is 1. The molecule has 11 heteroatoms. The first-order valence-electron chi connectivity index (χ1n) is 12.3. The smallest absolute Gasteiger partial charge is 0.274 e. The van der Waals surface area contributed by atoms with Crippen molar-refractivity contribution in [2.75, 3.05) is 49.4 Å². The predicted molar refractivity (Wildman–Crippen MR) is 144 cm³/mol. The molecule has 0 aliphatic carbocycles. The Morgan fingerprint density at radius 2 is 2.03 bits per heavy atom. The summed E-state index contributed by atoms with van der Waals surface area (Å²) in [7, 11) is 1.54. The third-order valence-electron chi connectivity index (χ3n) is 6.96. The van der Waals surface area contributed by atoms with Crippen molar-refractivity contribution in [3.05, 3.63) is 71.3 Å². The molecule has 2 aromatic carbocycles. The highest BCUT2D eigenvalue weighted by atomic mass is 32.2. The van der Waals surface area contributed by atoms with Crippen LogP contribution >= 0.6 is 11.8 Å². The first-order valence-corrected chi connectivity index (χ1v) is 13.2. The zero-order chi connectivity index (χ0) is 26.3. The van der Waals surface area contributed by atoms with Gasteiger partial charge in [-0.25, -0.2) is 14.4 Å². The lowest BCUT2D eigenvalue weighted by molar-refractivity contribution is 0.102. The Morgan fingerprint density at radius 3 is 2.76 bits per heavy atom. The molecule has 0 bridgehead atoms. The van der Waals surface area contributed by atoms with Crippen LogP contribution in [-0.2, 0) is 10.3 Å². The van der Waals surface area contributed by atoms with Gasteiger partial charge in [-0.1, -0.05) is 11.8 Å². The lowest BCUT2D eigenvalue weighted by atomic mass is 9.78. The molecule has 0 radical (unpaired) electrons. The number of hydrogen-bond donors (Lipinski definition) is 2. The zero-order valence-electron chi connectivity index (χ0n) is 20.7. The van der Waals surface area contributed by atoms with E-state index >= 15 is 4.39 Å². The Kier molecular flexibility index (Phi) is 6.32. The van der Waals surface area contributed by atoms with Crippen LogP contribution in [0.25, 0.3) is 0 Å². The van der Waals surface area contributed by atoms with E-state index in [1.165, 1.54) is 31.1 Å². The normalized spacial score (nSPS) is 20.2. The van der Waals surface area contributed by atoms with Gasteiger partial charge in [-0.05, 0) is 42.8 Å². The number of aromatic nitrogens is 1. The highest BCUT2D eigenvalue weighted by molar-refractivity contribution is 8.13. The molecule has 196 valence electrons. The van der Waals surface area contributed by atoms with Crippen molar-refractivity contribution < 1.29 is 23.4 Å². The minimum absolute atomic E-state index is 0.150. The second-order valence-electron chi connectivity index (χ2n) is 9.16. The molecule has 3 aromatic rings. The Balaban J connectivity index is 1.41. The van der Waals surface area contributed by atoms with Crippen LogP contribution in [0.15, 0.2) is 53.7 Å². The average molecular weight is 536 g/mol. The van der Waals surface area contributed by atoms with Gasteiger partial charge in [0.1, 0.15) is 22.7 Å². The number of benzene rings is 2. The Bertz CT molecular complexity index is 1430. The van der Waals surface area contributed by atoms with Gasteiger partial charge in [-0.3, -0.25) is 4.79 Å². The summed E-state index contributed by atoms with van der Waals surface area (Å²) in [5.74, 6) is 1.05. The number of nitrogens with two attached hydrogens (primary N) is 1. The van der Waals surface area contributed by atoms with Crippen molar-refractivity contribution in [1.82, 2.24) is 4.98 Å². The van der Waals surface area contributed by atoms with Gasteiger partial charge in [0.25, 0.3) is 5.91 Å². The number of carbonyl (C=O) groups excluding carboxylic acids is 1. The van der Waals surface area contributed by atoms with Crippen LogP contribution in [0.2, 0.25) is 0 Å². The SMILES string of the molecule is COc1ccc(C(=O)Nc2ccc3c(c2)C2(CCSC(N)=N2)c2cc(N4CCOCC4)cc(F)c2O3)nc1. The van der Waals surface area contributed by atoms with Crippen molar-refractivity contribution in [2.24, 2.45) is 10.7 Å². The Labute approximate surface area is 223 Å². The summed E-state index contributed by atoms with van der Waals surface area (Å²) in [6.45, 7) is 2.49. The highest BCUT2D eigenvalue weighted by Crippen LogP contribution is 2.55. The quantitative estimate of drug-likeness (QED) is 0.513. The fourth-order valence-corrected chi connectivity index (χ4v) is 5.90. The number of pyridine rings is 1. The Morgan fingerprint density at radius 1 is 1.18 bits per heavy atom. The molecule has 1 spiro atoms. The molecule has 38 heavy (non-hydrogen) atoms. The number of amidine groups is 1. The summed E-state index contributed by atoms with van der Waals surface area (Å²) in [4.78, 5) is 24.1. The Hall–Kier alpha value is -3.83. The monoisotopic (exact) mass is 535 g/mol. The van der Waals surface area contributed by atoms with E-state index in [9.17, 15) is 4.79 Å². The summed E-state index contributed by atoms with van der Waals surface area (Å²) >= 11 is 1.46. The number of fused-ring (bicyclic) bond motifs is 4. The van der Waals surface area contributed by atoms with Crippen LogP contribution in [0.1, 0.15) is 28.0 Å². The number of nitrogens with zero attached hydrogens (tertiary/aromatic N) is 3. The second kappa shape index (κ2) is 9.80. The van der Waals surface area contributed by atoms with Gasteiger partial charge in [0.2, 0.25) is 0 Å². The van der Waals surface area contributed by atoms with E-state index in [1.807, 2.05) is 12.1 Å². The van der Waals surface area contributed by atoms with Gasteiger partial charge >= 0.3 is 0 Å². The number of rotatable bonds is 4. The van der Waals surface area contributed by atoms with E-state index < -0.39 is 11.4 Å². The first kappa shape index (κ1) is 24.5. The maximum Gasteiger partial charge on any atom is 0.274 e. The third kappa shape index (κ3) is 4.31. The predicted octanol–water partition coefficient (Wildman–Crippen LogP) is 4.12. The molecule has 1 atom stereocenters. The van der Waals surface area contributed by atoms with E-state index in [0.717, 1.165) is 5.69 Å². The van der Waals surface area contributed by atoms with Crippen LogP contribution in [0.5, 0.6) is 17.2 Å². The minimum Gasteiger partial charge on any atom is -0.495 e. The summed E-state index contributed by atoms with van der Waals surface area (Å²) in [6.07, 6.45) is 2.07. The molecule has 3 aliphatic rings. The van der Waals surface area contributed by atoms with Gasteiger partial charge in [-0.2, -0.15) is 0 Å². The number of carbonyl (C=O) groups is 1. The van der Waals surface area contributed by atoms with Crippen LogP contribution < -0.4 is 25.4 Å². The summed E-state index contributed by atoms with van der Waals surface area (Å²) in [6, 6.07) is 12.0. The van der Waals surface area contributed by atoms with Crippen molar-refractivity contribution in [2.45, 2.75) is 12.0 Å². The van der Waals surface area contributed by atoms with Gasteiger partial charge < -0.3 is 30.2 Å². The molecule has 1 unspecified atom stereocenters. The summed E-state index contributed by atoms with van der Waals surface area (Å²) in [5, 5.41) is 3.32. The van der Waals surface area contributed by atoms with Crippen molar-refractivity contribution in [1.29, 1.82) is 0 Å². The lowest BCUT2D eigenvalue weighted by Gasteiger charge is -2.40. The first-order chi connectivity index (χ1) is 18.5. The topological polar surface area (TPSA) is 111 Å². The fourth-order valence-electron chi connectivity index (χ4n) is 5.07. The number of halogens is 1. The van der Waals surface area contributed by atoms with E-state index in [-0.39, 0.29) is 17.4 Å². The lowest BCUT2D eigenvalue weighted by Crippen LogP contribution is -2.38. The van der Waals surface area contributed by atoms with Crippen LogP contribution in [-0.4, -0.2) is 55.2 Å². The number of nitrogens with one attached hydrogen (secondary N) is 1. The summed E-state index contributed by atoms with van der Waals surface area (Å²) in [5.41, 5.74) is 8.16. The number of ether oxygens (including phenoxy) is 3. The molecular weight excluding hydrogens is 509 g/mol. The van der Waals surface area contributed by atoms with Gasteiger partial charge in [0.05, 0.1) is 26.5 Å². The van der Waals surface area contributed by atoms with Gasteiger partial charge in [-0.15, -0.1) is 0 Å². The average Bonchev–Trinajstić information content (AvgIpc) is 2.94. The van der Waals surface area contributed by atoms with Crippen LogP contribution in [0.3, 0.4) is 0 Å². The van der Waals surface area contributed by atoms with Crippen molar-refractivity contribution in [3.8, 4) is 17.2 Å². The molecule has 4 heterocycles. The standard InChI is InChI=1S/C27H26FN5O4S/c1-35-18-3-4-22(30-15-18)25(34)31-16-2-5-23-19(12-16)27(6-11-38-26(29)32-27)20-13-17(14-21(28)24(20)37-23)33-7-9-36-10-8-33/h2-5,12-15H,6-11H2,1H3,(H2,29,32)(H,31,34). The molecule has 3 N–H and O–H groups in total. The number of morpholine rings is 1. The molecule has 1 saturated heterocycles. The molecule has 0 saturated carbocycles. The van der Waals surface area contributed by atoms with Crippen LogP contribution in [0.4, 0.5) is 15.8 Å². The molecule has 3 aliphatic heterocycles. The zero-order valence-corrected chi connectivity index (χ0v) is 21.5. The second-order valence-corrected chi connectivity index (χ2v) is 10.3. The number of aliphatic imine (C=N–C) groups is 1. The molecule has 9 nitrogen and oxygen atoms in total. The fraction of sp³-hybridized carbons (Fsp3) is 0.296. The molecule has 6 rings (SSSR count). The minimum atomic E-state index is -0.958. The molecular formula is C27H26FN5O4S. The van der Waals surface area contributed by atoms with Crippen molar-refractivity contribution >= 4 is 34.2 Å². The highest BCUT2D eigenvalue weighted by Gasteiger charge is 2.45. The summed E-state index contributed by atoms with van der Waals surface area (Å²) < 4.78 is 32.3. The number of thioether (sulfide) groups is 1. The van der Waals surface area contributed by atoms with Crippen LogP contribution in [0, 0.1) is 5.82 Å². The molecule has 1 aromatic heterocycles. The van der Waals surface area contributed by atoms with E-state index in [1.54, 1.807) is 24.3 Å². The molecule has 1 amide bonds. The van der Waals surface area contributed by atoms with Gasteiger partial charge in [0.15, 0.2) is 16.7 Å². The van der Waals surface area contributed by atoms with E-state index in [4.69, 9.17) is 24.9 Å². The van der Waals surface area contributed by atoms with E-state index in [2.05, 4.69) is 15.2 Å². The number of amides is 1. The number of hydrogen-bond acceptors (Lipinski definition) is 9. The third-order valence-corrected chi connectivity index (χ3v) is 7.76. The van der Waals surface area contributed by atoms with Gasteiger partial charge in [0, 0.05) is 47.4 Å². The number of anilines is 2. The maximum atomic E-state index is 15.6.